The van der Waals surface area contributed by atoms with E-state index >= 15 is 0 Å². The van der Waals surface area contributed by atoms with Gasteiger partial charge in [-0.05, 0) is 129 Å². The number of allylic oxidation sites excluding steroid dienone is 1. The first-order valence-electron chi connectivity index (χ1n) is 22.2. The maximum atomic E-state index is 2.42. The third-order valence-electron chi connectivity index (χ3n) is 13.2. The fourth-order valence-electron chi connectivity index (χ4n) is 10.0. The molecule has 2 aliphatic rings. The molecule has 0 heterocycles. The lowest BCUT2D eigenvalue weighted by Crippen LogP contribution is -2.16. The van der Waals surface area contributed by atoms with Crippen LogP contribution < -0.4 is 9.80 Å². The summed E-state index contributed by atoms with van der Waals surface area (Å²) >= 11 is 0. The maximum Gasteiger partial charge on any atom is 0.0540 e. The number of benzene rings is 9. The Morgan fingerprint density at radius 2 is 0.825 bits per heavy atom. The van der Waals surface area contributed by atoms with Crippen LogP contribution in [0.3, 0.4) is 0 Å². The van der Waals surface area contributed by atoms with Crippen LogP contribution in [-0.4, -0.2) is 0 Å². The monoisotopic (exact) mass is 808 g/mol. The topological polar surface area (TPSA) is 6.48 Å². The van der Waals surface area contributed by atoms with E-state index in [1.54, 1.807) is 0 Å². The minimum absolute atomic E-state index is 0.102. The van der Waals surface area contributed by atoms with Crippen molar-refractivity contribution in [2.45, 2.75) is 32.1 Å². The number of para-hydroxylation sites is 4. The summed E-state index contributed by atoms with van der Waals surface area (Å²) in [6.07, 6.45) is 6.71. The van der Waals surface area contributed by atoms with E-state index < -0.39 is 0 Å². The molecule has 0 atom stereocenters. The van der Waals surface area contributed by atoms with E-state index in [2.05, 4.69) is 254 Å². The molecule has 0 aromatic heterocycles. The number of rotatable bonds is 9. The molecule has 11 rings (SSSR count). The molecule has 2 aliphatic carbocycles. The number of fused-ring (bicyclic) bond motifs is 4. The van der Waals surface area contributed by atoms with Crippen LogP contribution in [0.25, 0.3) is 50.6 Å². The molecule has 302 valence electrons. The molecular weight excluding hydrogens is 761 g/mol. The van der Waals surface area contributed by atoms with Crippen molar-refractivity contribution in [3.05, 3.63) is 247 Å². The van der Waals surface area contributed by atoms with E-state index in [9.17, 15) is 0 Å². The van der Waals surface area contributed by atoms with Gasteiger partial charge in [-0.1, -0.05) is 184 Å². The van der Waals surface area contributed by atoms with E-state index in [0.29, 0.717) is 0 Å². The zero-order chi connectivity index (χ0) is 42.3. The molecule has 0 fully saturated rings. The molecule has 9 aromatic rings. The van der Waals surface area contributed by atoms with Crippen LogP contribution in [0, 0.1) is 0 Å². The van der Waals surface area contributed by atoms with Crippen molar-refractivity contribution in [2.75, 3.05) is 9.80 Å². The summed E-state index contributed by atoms with van der Waals surface area (Å²) in [6, 6.07) is 79.9. The van der Waals surface area contributed by atoms with E-state index in [1.807, 2.05) is 0 Å². The van der Waals surface area contributed by atoms with Gasteiger partial charge in [0.05, 0.1) is 11.4 Å². The highest BCUT2D eigenvalue weighted by molar-refractivity contribution is 5.93. The fourth-order valence-corrected chi connectivity index (χ4v) is 10.0. The normalized spacial score (nSPS) is 13.2. The number of hydrogen-bond donors (Lipinski definition) is 0. The molecule has 0 saturated heterocycles. The summed E-state index contributed by atoms with van der Waals surface area (Å²) in [4.78, 5) is 4.81. The van der Waals surface area contributed by atoms with Crippen LogP contribution in [0.2, 0.25) is 0 Å². The van der Waals surface area contributed by atoms with Gasteiger partial charge in [0.1, 0.15) is 0 Å². The van der Waals surface area contributed by atoms with Crippen molar-refractivity contribution in [3.8, 4) is 44.5 Å². The largest absolute Gasteiger partial charge is 0.310 e. The second-order valence-electron chi connectivity index (χ2n) is 17.2. The molecule has 0 N–H and O–H groups in total. The quantitative estimate of drug-likeness (QED) is 0.143. The van der Waals surface area contributed by atoms with Gasteiger partial charge in [-0.25, -0.2) is 0 Å². The van der Waals surface area contributed by atoms with Gasteiger partial charge in [-0.3, -0.25) is 0 Å². The lowest BCUT2D eigenvalue weighted by molar-refractivity contribution is 0.660. The maximum absolute atomic E-state index is 2.42. The summed E-state index contributed by atoms with van der Waals surface area (Å²) in [5.74, 6) is 0. The average molecular weight is 809 g/mol. The standard InChI is InChI=1S/C61H48N2/c1-61(2)57-29-14-11-27-55(57)56-41-40-50(42-58(56)61)63(48-22-7-4-8-23-48)60-31-16-13-26-54(60)46-34-32-45(33-35-46)53-25-12-15-30-59(53)62(47-20-5-3-6-21-47)49-38-36-44(37-39-49)52-28-17-19-43-18-9-10-24-51(43)52/h3-9,11-23,25-42H,10,24H2,1-2H3. The number of nitrogens with zero attached hydrogens (tertiary/aromatic N) is 2. The van der Waals surface area contributed by atoms with Crippen molar-refractivity contribution in [3.63, 3.8) is 0 Å². The van der Waals surface area contributed by atoms with E-state index in [-0.39, 0.29) is 5.41 Å². The molecule has 0 saturated carbocycles. The Labute approximate surface area is 371 Å². The molecule has 0 radical (unpaired) electrons. The molecule has 0 unspecified atom stereocenters. The van der Waals surface area contributed by atoms with Gasteiger partial charge in [0, 0.05) is 39.3 Å². The first-order valence-corrected chi connectivity index (χ1v) is 22.2. The van der Waals surface area contributed by atoms with Crippen LogP contribution in [0.4, 0.5) is 34.1 Å². The lowest BCUT2D eigenvalue weighted by Gasteiger charge is -2.30. The molecular formula is C61H48N2. The zero-order valence-corrected chi connectivity index (χ0v) is 35.7. The van der Waals surface area contributed by atoms with Crippen molar-refractivity contribution >= 4 is 40.2 Å². The third kappa shape index (κ3) is 6.85. The molecule has 2 heteroatoms. The molecule has 0 amide bonds. The second-order valence-corrected chi connectivity index (χ2v) is 17.2. The molecule has 0 spiro atoms. The average Bonchev–Trinajstić information content (AvgIpc) is 3.58. The SMILES string of the molecule is CC1(C)c2ccccc2-c2ccc(N(c3ccccc3)c3ccccc3-c3ccc(-c4ccccc4N(c4ccccc4)c4ccc(-c5cccc6c5CCC=C6)cc4)cc3)cc21. The fraction of sp³-hybridized carbons (Fsp3) is 0.0820. The second kappa shape index (κ2) is 16.0. The first kappa shape index (κ1) is 38.3. The van der Waals surface area contributed by atoms with E-state index in [4.69, 9.17) is 0 Å². The molecule has 63 heavy (non-hydrogen) atoms. The highest BCUT2D eigenvalue weighted by Crippen LogP contribution is 2.51. The minimum atomic E-state index is -0.102. The van der Waals surface area contributed by atoms with E-state index in [0.717, 1.165) is 58.1 Å². The van der Waals surface area contributed by atoms with Crippen molar-refractivity contribution in [1.29, 1.82) is 0 Å². The predicted molar refractivity (Wildman–Crippen MR) is 267 cm³/mol. The zero-order valence-electron chi connectivity index (χ0n) is 35.7. The highest BCUT2D eigenvalue weighted by atomic mass is 15.1. The molecule has 9 aromatic carbocycles. The predicted octanol–water partition coefficient (Wildman–Crippen LogP) is 16.9. The van der Waals surface area contributed by atoms with Crippen LogP contribution in [-0.2, 0) is 11.8 Å². The highest BCUT2D eigenvalue weighted by Gasteiger charge is 2.36. The number of anilines is 6. The van der Waals surface area contributed by atoms with Gasteiger partial charge in [0.25, 0.3) is 0 Å². The van der Waals surface area contributed by atoms with Gasteiger partial charge in [0.15, 0.2) is 0 Å². The third-order valence-corrected chi connectivity index (χ3v) is 13.2. The van der Waals surface area contributed by atoms with Gasteiger partial charge in [0.2, 0.25) is 0 Å². The van der Waals surface area contributed by atoms with Crippen LogP contribution in [0.5, 0.6) is 0 Å². The van der Waals surface area contributed by atoms with Crippen molar-refractivity contribution < 1.29 is 0 Å². The molecule has 0 aliphatic heterocycles. The first-order chi connectivity index (χ1) is 31.0. The summed E-state index contributed by atoms with van der Waals surface area (Å²) in [5.41, 5.74) is 22.1. The minimum Gasteiger partial charge on any atom is -0.310 e. The Morgan fingerprint density at radius 1 is 0.365 bits per heavy atom. The smallest absolute Gasteiger partial charge is 0.0540 e. The van der Waals surface area contributed by atoms with Crippen molar-refractivity contribution in [2.24, 2.45) is 0 Å². The lowest BCUT2D eigenvalue weighted by atomic mass is 9.82. The Bertz CT molecular complexity index is 3120. The van der Waals surface area contributed by atoms with Crippen molar-refractivity contribution in [1.82, 2.24) is 0 Å². The van der Waals surface area contributed by atoms with Gasteiger partial charge >= 0.3 is 0 Å². The van der Waals surface area contributed by atoms with Gasteiger partial charge < -0.3 is 9.80 Å². The summed E-state index contributed by atoms with van der Waals surface area (Å²) < 4.78 is 0. The van der Waals surface area contributed by atoms with Gasteiger partial charge in [-0.15, -0.1) is 0 Å². The van der Waals surface area contributed by atoms with Gasteiger partial charge in [-0.2, -0.15) is 0 Å². The summed E-state index contributed by atoms with van der Waals surface area (Å²) in [6.45, 7) is 4.71. The molecule has 0 bridgehead atoms. The van der Waals surface area contributed by atoms with Crippen LogP contribution in [0.1, 0.15) is 42.5 Å². The Kier molecular flexibility index (Phi) is 9.70. The summed E-state index contributed by atoms with van der Waals surface area (Å²) in [7, 11) is 0. The Morgan fingerprint density at radius 3 is 1.46 bits per heavy atom. The van der Waals surface area contributed by atoms with Crippen LogP contribution >= 0.6 is 0 Å². The summed E-state index contributed by atoms with van der Waals surface area (Å²) in [5, 5.41) is 0. The van der Waals surface area contributed by atoms with Crippen LogP contribution in [0.15, 0.2) is 224 Å². The Balaban J connectivity index is 0.966. The molecule has 2 nitrogen and oxygen atoms in total. The van der Waals surface area contributed by atoms with E-state index in [1.165, 1.54) is 55.6 Å². The Hall–Kier alpha value is -7.68. The number of hydrogen-bond acceptors (Lipinski definition) is 2.